The number of halogens is 1. The van der Waals surface area contributed by atoms with E-state index in [4.69, 9.17) is 16.3 Å². The van der Waals surface area contributed by atoms with Gasteiger partial charge in [0, 0.05) is 23.3 Å². The van der Waals surface area contributed by atoms with Crippen molar-refractivity contribution in [1.82, 2.24) is 4.90 Å². The zero-order valence-corrected chi connectivity index (χ0v) is 16.2. The van der Waals surface area contributed by atoms with Crippen molar-refractivity contribution in [3.8, 4) is 5.75 Å². The van der Waals surface area contributed by atoms with Crippen LogP contribution in [-0.2, 0) is 4.79 Å². The first-order valence-corrected chi connectivity index (χ1v) is 9.36. The van der Waals surface area contributed by atoms with Gasteiger partial charge in [0.2, 0.25) is 0 Å². The molecule has 1 heterocycles. The van der Waals surface area contributed by atoms with Gasteiger partial charge in [-0.2, -0.15) is 0 Å². The molecule has 1 aliphatic heterocycles. The number of para-hydroxylation sites is 1. The van der Waals surface area contributed by atoms with Gasteiger partial charge >= 0.3 is 5.97 Å². The molecule has 0 atom stereocenters. The molecule has 1 aliphatic rings. The first kappa shape index (κ1) is 18.1. The lowest BCUT2D eigenvalue weighted by Gasteiger charge is -2.33. The van der Waals surface area contributed by atoms with E-state index in [0.29, 0.717) is 10.8 Å². The molecule has 0 N–H and O–H groups in total. The minimum absolute atomic E-state index is 0.370. The van der Waals surface area contributed by atoms with Gasteiger partial charge in [0.15, 0.2) is 5.75 Å². The number of esters is 1. The Kier molecular flexibility index (Phi) is 5.57. The number of ether oxygens (including phenoxy) is 1. The molecule has 25 heavy (non-hydrogen) atoms. The van der Waals surface area contributed by atoms with Gasteiger partial charge in [0.25, 0.3) is 0 Å². The molecule has 0 aliphatic carbocycles. The molecule has 0 aromatic heterocycles. The molecule has 0 bridgehead atoms. The van der Waals surface area contributed by atoms with Gasteiger partial charge in [-0.15, -0.1) is 0 Å². The van der Waals surface area contributed by atoms with Gasteiger partial charge in [-0.3, -0.25) is 4.79 Å². The van der Waals surface area contributed by atoms with Crippen LogP contribution in [0.2, 0.25) is 5.02 Å². The van der Waals surface area contributed by atoms with Crippen molar-refractivity contribution in [2.75, 3.05) is 32.1 Å². The van der Waals surface area contributed by atoms with E-state index in [9.17, 15) is 4.79 Å². The summed E-state index contributed by atoms with van der Waals surface area (Å²) in [6.07, 6.45) is 1.04. The fourth-order valence-corrected chi connectivity index (χ4v) is 4.15. The maximum absolute atomic E-state index is 11.3. The third kappa shape index (κ3) is 4.11. The Hall–Kier alpha value is -1.69. The highest BCUT2D eigenvalue weighted by Gasteiger charge is 2.25. The molecule has 0 saturated carbocycles. The van der Waals surface area contributed by atoms with Crippen molar-refractivity contribution in [2.24, 2.45) is 0 Å². The van der Waals surface area contributed by atoms with Crippen molar-refractivity contribution < 1.29 is 9.53 Å². The van der Waals surface area contributed by atoms with Crippen LogP contribution in [0.4, 0.5) is 11.4 Å². The minimum Gasteiger partial charge on any atom is -0.425 e. The molecule has 6 heteroatoms. The Morgan fingerprint density at radius 3 is 2.68 bits per heavy atom. The predicted octanol–water partition coefficient (Wildman–Crippen LogP) is 4.82. The molecular formula is C19H21ClN2O2S. The highest BCUT2D eigenvalue weighted by Crippen LogP contribution is 2.50. The lowest BCUT2D eigenvalue weighted by Crippen LogP contribution is -2.25. The lowest BCUT2D eigenvalue weighted by atomic mass is 10.2. The predicted molar refractivity (Wildman–Crippen MR) is 104 cm³/mol. The van der Waals surface area contributed by atoms with Crippen molar-refractivity contribution in [3.63, 3.8) is 0 Å². The second-order valence-corrected chi connectivity index (χ2v) is 7.71. The molecule has 0 fully saturated rings. The number of hydrogen-bond donors (Lipinski definition) is 0. The van der Waals surface area contributed by atoms with E-state index in [1.807, 2.05) is 18.2 Å². The fourth-order valence-electron chi connectivity index (χ4n) is 2.85. The number of fused-ring (bicyclic) bond motifs is 2. The van der Waals surface area contributed by atoms with Crippen molar-refractivity contribution >= 4 is 40.7 Å². The summed E-state index contributed by atoms with van der Waals surface area (Å²) in [5.74, 6) is 0.0407. The highest BCUT2D eigenvalue weighted by molar-refractivity contribution is 7.99. The van der Waals surface area contributed by atoms with Crippen LogP contribution in [0, 0.1) is 0 Å². The fraction of sp³-hybridized carbons (Fsp3) is 0.316. The summed E-state index contributed by atoms with van der Waals surface area (Å²) in [7, 11) is 4.16. The highest BCUT2D eigenvalue weighted by atomic mass is 35.5. The van der Waals surface area contributed by atoms with Crippen LogP contribution < -0.4 is 9.64 Å². The second kappa shape index (κ2) is 7.68. The number of benzene rings is 2. The summed E-state index contributed by atoms with van der Waals surface area (Å²) in [5.41, 5.74) is 2.25. The molecule has 2 aromatic rings. The first-order valence-electron chi connectivity index (χ1n) is 8.17. The summed E-state index contributed by atoms with van der Waals surface area (Å²) in [5, 5.41) is 0.451. The molecule has 0 unspecified atom stereocenters. The number of hydrogen-bond acceptors (Lipinski definition) is 5. The molecule has 0 amide bonds. The van der Waals surface area contributed by atoms with Crippen LogP contribution in [0.25, 0.3) is 0 Å². The van der Waals surface area contributed by atoms with E-state index >= 15 is 0 Å². The minimum atomic E-state index is -0.370. The number of carbonyl (C=O) groups excluding carboxylic acids is 1. The molecular weight excluding hydrogens is 356 g/mol. The summed E-state index contributed by atoms with van der Waals surface area (Å²) >= 11 is 8.03. The van der Waals surface area contributed by atoms with Crippen LogP contribution in [0.3, 0.4) is 0 Å². The van der Waals surface area contributed by atoms with E-state index < -0.39 is 0 Å². The Labute approximate surface area is 157 Å². The van der Waals surface area contributed by atoms with Crippen molar-refractivity contribution in [2.45, 2.75) is 23.1 Å². The third-order valence-electron chi connectivity index (χ3n) is 3.92. The Morgan fingerprint density at radius 1 is 1.20 bits per heavy atom. The van der Waals surface area contributed by atoms with Crippen LogP contribution in [0.15, 0.2) is 46.2 Å². The Balaban J connectivity index is 1.98. The van der Waals surface area contributed by atoms with Crippen LogP contribution >= 0.6 is 23.4 Å². The summed E-state index contributed by atoms with van der Waals surface area (Å²) in [4.78, 5) is 18.0. The largest absolute Gasteiger partial charge is 0.425 e. The molecule has 0 radical (unpaired) electrons. The molecule has 2 aromatic carbocycles. The normalized spacial score (nSPS) is 12.8. The average molecular weight is 377 g/mol. The maximum atomic E-state index is 11.3. The van der Waals surface area contributed by atoms with Gasteiger partial charge in [-0.25, -0.2) is 0 Å². The van der Waals surface area contributed by atoms with Crippen molar-refractivity contribution in [3.05, 3.63) is 41.4 Å². The van der Waals surface area contributed by atoms with E-state index in [1.54, 1.807) is 11.8 Å². The van der Waals surface area contributed by atoms with Crippen LogP contribution in [0.5, 0.6) is 5.75 Å². The van der Waals surface area contributed by atoms with Gasteiger partial charge in [0.1, 0.15) is 0 Å². The van der Waals surface area contributed by atoms with Crippen molar-refractivity contribution in [1.29, 1.82) is 0 Å². The molecule has 132 valence electrons. The average Bonchev–Trinajstić information content (AvgIpc) is 2.55. The Morgan fingerprint density at radius 2 is 1.96 bits per heavy atom. The second-order valence-electron chi connectivity index (χ2n) is 6.22. The smallest absolute Gasteiger partial charge is 0.308 e. The topological polar surface area (TPSA) is 32.8 Å². The van der Waals surface area contributed by atoms with Crippen LogP contribution in [0.1, 0.15) is 13.3 Å². The number of anilines is 2. The zero-order chi connectivity index (χ0) is 18.0. The molecule has 3 rings (SSSR count). The monoisotopic (exact) mass is 376 g/mol. The van der Waals surface area contributed by atoms with Gasteiger partial charge in [-0.05, 0) is 51.3 Å². The number of carbonyl (C=O) groups is 1. The quantitative estimate of drug-likeness (QED) is 0.551. The first-order chi connectivity index (χ1) is 12.0. The maximum Gasteiger partial charge on any atom is 0.308 e. The van der Waals surface area contributed by atoms with Crippen LogP contribution in [-0.4, -0.2) is 38.1 Å². The standard InChI is InChI=1S/C19H21ClN2O2S/c1-13(23)24-17-12-19-16(11-14(17)20)22(10-6-9-21(2)3)15-7-4-5-8-18(15)25-19/h4-5,7-8,11-12H,6,9-10H2,1-3H3. The van der Waals surface area contributed by atoms with E-state index in [-0.39, 0.29) is 5.97 Å². The zero-order valence-electron chi connectivity index (χ0n) is 14.6. The number of nitrogens with zero attached hydrogens (tertiary/aromatic N) is 2. The summed E-state index contributed by atoms with van der Waals surface area (Å²) in [6.45, 7) is 3.29. The molecule has 0 saturated heterocycles. The van der Waals surface area contributed by atoms with E-state index in [0.717, 1.165) is 30.1 Å². The molecule has 0 spiro atoms. The third-order valence-corrected chi connectivity index (χ3v) is 5.33. The van der Waals surface area contributed by atoms with E-state index in [2.05, 4.69) is 42.1 Å². The van der Waals surface area contributed by atoms with E-state index in [1.165, 1.54) is 17.5 Å². The number of rotatable bonds is 5. The lowest BCUT2D eigenvalue weighted by molar-refractivity contribution is -0.131. The van der Waals surface area contributed by atoms with Gasteiger partial charge in [0.05, 0.1) is 16.4 Å². The SMILES string of the molecule is CC(=O)Oc1cc2c(cc1Cl)N(CCCN(C)C)c1ccccc1S2. The summed E-state index contributed by atoms with van der Waals surface area (Å²) in [6, 6.07) is 12.1. The Bertz CT molecular complexity index is 795. The van der Waals surface area contributed by atoms with Gasteiger partial charge < -0.3 is 14.5 Å². The molecule has 4 nitrogen and oxygen atoms in total. The summed E-state index contributed by atoms with van der Waals surface area (Å²) < 4.78 is 5.24. The van der Waals surface area contributed by atoms with Gasteiger partial charge in [-0.1, -0.05) is 35.5 Å².